The minimum atomic E-state index is -4.02. The van der Waals surface area contributed by atoms with Crippen molar-refractivity contribution in [3.05, 3.63) is 0 Å². The molecule has 4 nitrogen and oxygen atoms in total. The van der Waals surface area contributed by atoms with Crippen LogP contribution in [0.25, 0.3) is 0 Å². The van der Waals surface area contributed by atoms with Crippen molar-refractivity contribution in [2.24, 2.45) is 11.3 Å². The molecule has 0 aromatic heterocycles. The van der Waals surface area contributed by atoms with Gasteiger partial charge in [0.1, 0.15) is 0 Å². The van der Waals surface area contributed by atoms with Crippen LogP contribution in [-0.2, 0) is 10.1 Å². The average Bonchev–Trinajstić information content (AvgIpc) is 2.25. The highest BCUT2D eigenvalue weighted by atomic mass is 32.2. The summed E-state index contributed by atoms with van der Waals surface area (Å²) in [6.45, 7) is 0. The van der Waals surface area contributed by atoms with Gasteiger partial charge in [-0.25, -0.2) is 8.42 Å². The first-order chi connectivity index (χ1) is 7.91. The lowest BCUT2D eigenvalue weighted by atomic mass is 9.56. The van der Waals surface area contributed by atoms with E-state index >= 15 is 0 Å². The summed E-state index contributed by atoms with van der Waals surface area (Å²) in [6.07, 6.45) is 8.86. The Balaban J connectivity index is 1.81. The molecule has 1 atom stereocenters. The number of fused-ring (bicyclic) bond motifs is 3. The molecule has 0 saturated heterocycles. The zero-order valence-corrected chi connectivity index (χ0v) is 11.2. The van der Waals surface area contributed by atoms with Crippen molar-refractivity contribution < 1.29 is 18.7 Å². The van der Waals surface area contributed by atoms with Gasteiger partial charge in [-0.15, -0.1) is 0 Å². The maximum Gasteiger partial charge on any atom is 0.0945 e. The van der Waals surface area contributed by atoms with Crippen molar-refractivity contribution in [3.8, 4) is 0 Å². The molecule has 3 saturated carbocycles. The molecule has 5 heteroatoms. The lowest BCUT2D eigenvalue weighted by molar-refractivity contribution is -0.464. The molecule has 2 bridgehead atoms. The molecule has 17 heavy (non-hydrogen) atoms. The van der Waals surface area contributed by atoms with Gasteiger partial charge in [0.15, 0.2) is 0 Å². The van der Waals surface area contributed by atoms with Crippen LogP contribution in [0, 0.1) is 11.3 Å². The summed E-state index contributed by atoms with van der Waals surface area (Å²) in [6, 6.07) is 0.541. The third kappa shape index (κ3) is 3.20. The quantitative estimate of drug-likeness (QED) is 0.589. The van der Waals surface area contributed by atoms with Crippen LogP contribution < -0.4 is 5.73 Å². The Morgan fingerprint density at radius 2 is 1.88 bits per heavy atom. The third-order valence-electron chi connectivity index (χ3n) is 4.90. The van der Waals surface area contributed by atoms with Gasteiger partial charge in [0, 0.05) is 17.6 Å². The SMILES string of the molecule is [NH3+]C1CC2CCC1(CCCCS(=O)(=O)[O-])CC2. The number of hydrogen-bond donors (Lipinski definition) is 1. The second kappa shape index (κ2) is 4.86. The molecule has 0 aromatic rings. The van der Waals surface area contributed by atoms with E-state index in [2.05, 4.69) is 5.73 Å². The molecule has 3 rings (SSSR count). The summed E-state index contributed by atoms with van der Waals surface area (Å²) in [5.74, 6) is 0.689. The summed E-state index contributed by atoms with van der Waals surface area (Å²) < 4.78 is 31.6. The normalized spacial score (nSPS) is 37.3. The van der Waals surface area contributed by atoms with Gasteiger partial charge in [-0.1, -0.05) is 6.42 Å². The Hall–Kier alpha value is -0.130. The molecular formula is C12H23NO3S. The van der Waals surface area contributed by atoms with Crippen LogP contribution in [0.5, 0.6) is 0 Å². The van der Waals surface area contributed by atoms with Crippen LogP contribution in [0.3, 0.4) is 0 Å². The minimum absolute atomic E-state index is 0.201. The van der Waals surface area contributed by atoms with Crippen LogP contribution in [-0.4, -0.2) is 24.8 Å². The molecule has 3 aliphatic carbocycles. The predicted octanol–water partition coefficient (Wildman–Crippen LogP) is 0.893. The number of rotatable bonds is 5. The minimum Gasteiger partial charge on any atom is -0.748 e. The Bertz CT molecular complexity index is 358. The van der Waals surface area contributed by atoms with Crippen molar-refractivity contribution in [2.45, 2.75) is 57.4 Å². The Morgan fingerprint density at radius 3 is 2.41 bits per heavy atom. The number of quaternary nitrogens is 1. The van der Waals surface area contributed by atoms with Crippen molar-refractivity contribution in [1.82, 2.24) is 0 Å². The highest BCUT2D eigenvalue weighted by molar-refractivity contribution is 7.85. The number of unbranched alkanes of at least 4 members (excludes halogenated alkanes) is 1. The predicted molar refractivity (Wildman–Crippen MR) is 64.1 cm³/mol. The van der Waals surface area contributed by atoms with Crippen molar-refractivity contribution in [3.63, 3.8) is 0 Å². The molecule has 0 radical (unpaired) electrons. The second-order valence-corrected chi connectivity index (χ2v) is 7.48. The van der Waals surface area contributed by atoms with E-state index in [0.29, 0.717) is 17.9 Å². The van der Waals surface area contributed by atoms with Crippen LogP contribution in [0.15, 0.2) is 0 Å². The van der Waals surface area contributed by atoms with E-state index in [4.69, 9.17) is 0 Å². The van der Waals surface area contributed by atoms with Gasteiger partial charge in [-0.2, -0.15) is 0 Å². The molecule has 1 unspecified atom stereocenters. The summed E-state index contributed by atoms with van der Waals surface area (Å²) in [5, 5.41) is 0. The molecule has 3 fully saturated rings. The van der Waals surface area contributed by atoms with Gasteiger partial charge in [-0.3, -0.25) is 0 Å². The first-order valence-electron chi connectivity index (χ1n) is 6.68. The van der Waals surface area contributed by atoms with E-state index in [9.17, 15) is 13.0 Å². The van der Waals surface area contributed by atoms with Crippen LogP contribution in [0.2, 0.25) is 0 Å². The van der Waals surface area contributed by atoms with Crippen molar-refractivity contribution in [2.75, 3.05) is 5.75 Å². The summed E-state index contributed by atoms with van der Waals surface area (Å²) >= 11 is 0. The van der Waals surface area contributed by atoms with E-state index in [-0.39, 0.29) is 5.75 Å². The zero-order valence-electron chi connectivity index (χ0n) is 10.4. The molecule has 0 heterocycles. The maximum atomic E-state index is 10.5. The van der Waals surface area contributed by atoms with Crippen molar-refractivity contribution >= 4 is 10.1 Å². The third-order valence-corrected chi connectivity index (χ3v) is 5.69. The van der Waals surface area contributed by atoms with Gasteiger partial charge in [-0.05, 0) is 44.4 Å². The molecule has 100 valence electrons. The van der Waals surface area contributed by atoms with Gasteiger partial charge in [0.2, 0.25) is 0 Å². The van der Waals surface area contributed by atoms with E-state index in [0.717, 1.165) is 18.8 Å². The van der Waals surface area contributed by atoms with Gasteiger partial charge < -0.3 is 10.3 Å². The van der Waals surface area contributed by atoms with Crippen LogP contribution >= 0.6 is 0 Å². The highest BCUT2D eigenvalue weighted by Crippen LogP contribution is 2.51. The highest BCUT2D eigenvalue weighted by Gasteiger charge is 2.47. The van der Waals surface area contributed by atoms with Crippen molar-refractivity contribution in [1.29, 1.82) is 0 Å². The van der Waals surface area contributed by atoms with Gasteiger partial charge in [0.05, 0.1) is 16.2 Å². The summed E-state index contributed by atoms with van der Waals surface area (Å²) in [4.78, 5) is 0. The molecule has 3 N–H and O–H groups in total. The molecule has 0 spiro atoms. The van der Waals surface area contributed by atoms with Crippen LogP contribution in [0.4, 0.5) is 0 Å². The monoisotopic (exact) mass is 261 g/mol. The van der Waals surface area contributed by atoms with Gasteiger partial charge in [0.25, 0.3) is 0 Å². The smallest absolute Gasteiger partial charge is 0.0945 e. The first kappa shape index (κ1) is 13.3. The first-order valence-corrected chi connectivity index (χ1v) is 8.26. The summed E-state index contributed by atoms with van der Waals surface area (Å²) in [5.41, 5.74) is 4.66. The zero-order chi connectivity index (χ0) is 12.5. The lowest BCUT2D eigenvalue weighted by Crippen LogP contribution is -2.71. The largest absolute Gasteiger partial charge is 0.748 e. The van der Waals surface area contributed by atoms with Crippen LogP contribution in [0.1, 0.15) is 51.4 Å². The van der Waals surface area contributed by atoms with E-state index in [1.165, 1.54) is 32.1 Å². The standard InChI is InChI=1S/C12H23NO3S/c13-11-9-10-3-6-12(11,7-4-10)5-1-2-8-17(14,15)16/h10-11H,1-9,13H2,(H,14,15,16). The van der Waals surface area contributed by atoms with E-state index in [1.807, 2.05) is 0 Å². The molecule has 0 amide bonds. The fraction of sp³-hybridized carbons (Fsp3) is 1.00. The Labute approximate surface area is 104 Å². The maximum absolute atomic E-state index is 10.5. The number of hydrogen-bond acceptors (Lipinski definition) is 3. The molecule has 0 aromatic carbocycles. The Morgan fingerprint density at radius 1 is 1.24 bits per heavy atom. The lowest BCUT2D eigenvalue weighted by Gasteiger charge is -2.49. The fourth-order valence-electron chi connectivity index (χ4n) is 3.76. The molecule has 3 aliphatic rings. The topological polar surface area (TPSA) is 84.8 Å². The van der Waals surface area contributed by atoms with E-state index < -0.39 is 10.1 Å². The average molecular weight is 261 g/mol. The van der Waals surface area contributed by atoms with E-state index in [1.54, 1.807) is 0 Å². The summed E-state index contributed by atoms with van der Waals surface area (Å²) in [7, 11) is -4.02. The molecular weight excluding hydrogens is 238 g/mol. The Kier molecular flexibility index (Phi) is 3.80. The second-order valence-electron chi connectivity index (χ2n) is 5.96. The van der Waals surface area contributed by atoms with Gasteiger partial charge >= 0.3 is 0 Å². The molecule has 0 aliphatic heterocycles. The fourth-order valence-corrected chi connectivity index (χ4v) is 4.32.